The second kappa shape index (κ2) is 10.2. The van der Waals surface area contributed by atoms with Gasteiger partial charge in [-0.15, -0.1) is 0 Å². The van der Waals surface area contributed by atoms with Gasteiger partial charge in [0.1, 0.15) is 13.8 Å². The van der Waals surface area contributed by atoms with Crippen molar-refractivity contribution in [2.75, 3.05) is 12.7 Å². The minimum Gasteiger partial charge on any atom is -0.778 e. The normalized spacial score (nSPS) is 16.5. The van der Waals surface area contributed by atoms with E-state index in [1.807, 2.05) is 0 Å². The average Bonchev–Trinajstić information content (AvgIpc) is 2.12. The van der Waals surface area contributed by atoms with Crippen LogP contribution < -0.4 is 45.9 Å². The van der Waals surface area contributed by atoms with Crippen molar-refractivity contribution in [1.82, 2.24) is 0 Å². The topological polar surface area (TPSA) is 101 Å². The number of hydrogen-bond acceptors (Lipinski definition) is 5. The van der Waals surface area contributed by atoms with Crippen molar-refractivity contribution in [3.05, 3.63) is 0 Å². The Balaban J connectivity index is 0. The van der Waals surface area contributed by atoms with Gasteiger partial charge in [0, 0.05) is 6.16 Å². The van der Waals surface area contributed by atoms with Crippen molar-refractivity contribution in [1.29, 1.82) is 0 Å². The Morgan fingerprint density at radius 1 is 1.40 bits per heavy atom. The summed E-state index contributed by atoms with van der Waals surface area (Å²) in [7, 11) is -3.68. The molecule has 5 nitrogen and oxygen atoms in total. The number of hydrogen-bond donors (Lipinski definition) is 2. The Labute approximate surface area is 114 Å². The van der Waals surface area contributed by atoms with Gasteiger partial charge in [-0.3, -0.25) is 0 Å². The van der Waals surface area contributed by atoms with Crippen molar-refractivity contribution in [2.24, 2.45) is 11.5 Å². The molecule has 0 saturated carbocycles. The van der Waals surface area contributed by atoms with Crippen molar-refractivity contribution in [3.8, 4) is 0 Å². The molecule has 7 heteroatoms. The van der Waals surface area contributed by atoms with Crippen molar-refractivity contribution in [3.63, 3.8) is 0 Å². The van der Waals surface area contributed by atoms with Crippen LogP contribution in [0.4, 0.5) is 0 Å². The number of unbranched alkanes of at least 4 members (excludes halogenated alkanes) is 2. The maximum absolute atomic E-state index is 11.0. The Kier molecular flexibility index (Phi) is 12.6. The number of nitrogens with two attached hydrogens (primary N) is 2. The van der Waals surface area contributed by atoms with Crippen LogP contribution in [-0.4, -0.2) is 18.9 Å². The van der Waals surface area contributed by atoms with Gasteiger partial charge >= 0.3 is 29.6 Å². The zero-order valence-electron chi connectivity index (χ0n) is 9.65. The molecule has 0 aromatic heterocycles. The molecule has 0 heterocycles. The van der Waals surface area contributed by atoms with Crippen LogP contribution in [0.5, 0.6) is 0 Å². The van der Waals surface area contributed by atoms with E-state index >= 15 is 0 Å². The summed E-state index contributed by atoms with van der Waals surface area (Å²) in [6.07, 6.45) is 2.60. The summed E-state index contributed by atoms with van der Waals surface area (Å²) >= 11 is 0. The smallest absolute Gasteiger partial charge is 0.778 e. The van der Waals surface area contributed by atoms with Crippen LogP contribution in [0.2, 0.25) is 0 Å². The molecule has 2 atom stereocenters. The predicted octanol–water partition coefficient (Wildman–Crippen LogP) is -2.62. The summed E-state index contributed by atoms with van der Waals surface area (Å²) in [5.74, 6) is 0. The molecule has 2 unspecified atom stereocenters. The molecule has 0 amide bonds. The monoisotopic (exact) mass is 246 g/mol. The minimum absolute atomic E-state index is 0. The van der Waals surface area contributed by atoms with E-state index in [1.165, 1.54) is 6.92 Å². The largest absolute Gasteiger partial charge is 1.00 e. The summed E-state index contributed by atoms with van der Waals surface area (Å²) in [5.41, 5.74) is 10.8. The van der Waals surface area contributed by atoms with Crippen molar-refractivity contribution >= 4 is 7.60 Å². The summed E-state index contributed by atoms with van der Waals surface area (Å²) in [5, 5.41) is 0. The van der Waals surface area contributed by atoms with Gasteiger partial charge in [-0.1, -0.05) is 13.3 Å². The van der Waals surface area contributed by atoms with Gasteiger partial charge in [0.15, 0.2) is 0 Å². The number of rotatable bonds is 8. The molecular formula is C8H20N2NaO3P. The summed E-state index contributed by atoms with van der Waals surface area (Å²) in [6.45, 7) is 2.19. The molecule has 0 aromatic rings. The van der Waals surface area contributed by atoms with E-state index in [1.54, 1.807) is 0 Å². The van der Waals surface area contributed by atoms with E-state index in [0.717, 1.165) is 19.3 Å². The van der Waals surface area contributed by atoms with E-state index in [0.29, 0.717) is 13.0 Å². The van der Waals surface area contributed by atoms with Gasteiger partial charge in [0.25, 0.3) is 0 Å². The van der Waals surface area contributed by atoms with E-state index in [9.17, 15) is 9.46 Å². The molecule has 0 aliphatic rings. The van der Waals surface area contributed by atoms with E-state index in [4.69, 9.17) is 16.0 Å². The Bertz CT molecular complexity index is 195. The Hall–Kier alpha value is 1.07. The van der Waals surface area contributed by atoms with Gasteiger partial charge in [0.05, 0.1) is 0 Å². The second-order valence-electron chi connectivity index (χ2n) is 3.21. The summed E-state index contributed by atoms with van der Waals surface area (Å²) in [4.78, 5) is 11.0. The minimum atomic E-state index is -3.68. The van der Waals surface area contributed by atoms with Gasteiger partial charge in [-0.05, 0) is 25.8 Å². The Morgan fingerprint density at radius 3 is 2.47 bits per heavy atom. The van der Waals surface area contributed by atoms with E-state index in [-0.39, 0.29) is 35.7 Å². The van der Waals surface area contributed by atoms with Gasteiger partial charge in [0.2, 0.25) is 0 Å². The van der Waals surface area contributed by atoms with Gasteiger partial charge in [-0.2, -0.15) is 0 Å². The standard InChI is InChI=1S/C8H21N2O3P.Na/c1-2-14(11,12)13-8(10)6-4-3-5-7-9;/h8H,2-7,9-10H2,1H3,(H,11,12);/q;+1/p-1. The van der Waals surface area contributed by atoms with Crippen LogP contribution in [0, 0.1) is 0 Å². The third-order valence-corrected chi connectivity index (χ3v) is 3.24. The molecule has 0 saturated heterocycles. The Morgan fingerprint density at radius 2 is 2.00 bits per heavy atom. The zero-order chi connectivity index (χ0) is 11.0. The van der Waals surface area contributed by atoms with Crippen LogP contribution in [0.25, 0.3) is 0 Å². The first kappa shape index (κ1) is 18.4. The van der Waals surface area contributed by atoms with Crippen LogP contribution >= 0.6 is 7.60 Å². The fraction of sp³-hybridized carbons (Fsp3) is 1.00. The van der Waals surface area contributed by atoms with Crippen LogP contribution in [0.3, 0.4) is 0 Å². The third-order valence-electron chi connectivity index (χ3n) is 1.88. The maximum atomic E-state index is 11.0. The fourth-order valence-electron chi connectivity index (χ4n) is 1.00. The molecule has 0 spiro atoms. The van der Waals surface area contributed by atoms with Gasteiger partial charge < -0.3 is 25.4 Å². The van der Waals surface area contributed by atoms with E-state index in [2.05, 4.69) is 0 Å². The quantitative estimate of drug-likeness (QED) is 0.211. The van der Waals surface area contributed by atoms with E-state index < -0.39 is 13.8 Å². The molecule has 0 radical (unpaired) electrons. The molecule has 4 N–H and O–H groups in total. The predicted molar refractivity (Wildman–Crippen MR) is 54.7 cm³/mol. The molecule has 15 heavy (non-hydrogen) atoms. The molecule has 0 rings (SSSR count). The summed E-state index contributed by atoms with van der Waals surface area (Å²) in [6, 6.07) is 0. The third kappa shape index (κ3) is 11.3. The second-order valence-corrected chi connectivity index (χ2v) is 5.27. The van der Waals surface area contributed by atoms with Gasteiger partial charge in [-0.25, -0.2) is 0 Å². The summed E-state index contributed by atoms with van der Waals surface area (Å²) < 4.78 is 15.7. The molecule has 0 bridgehead atoms. The zero-order valence-corrected chi connectivity index (χ0v) is 12.5. The average molecular weight is 246 g/mol. The van der Waals surface area contributed by atoms with Crippen LogP contribution in [0.1, 0.15) is 32.6 Å². The SMILES string of the molecule is CCP(=O)([O-])OC(N)CCCCCN.[Na+]. The molecule has 0 fully saturated rings. The fourth-order valence-corrected chi connectivity index (χ4v) is 1.67. The first-order valence-electron chi connectivity index (χ1n) is 4.96. The first-order chi connectivity index (χ1) is 6.52. The molecule has 0 aliphatic heterocycles. The van der Waals surface area contributed by atoms with Crippen LogP contribution in [0.15, 0.2) is 0 Å². The molecule has 0 aliphatic carbocycles. The maximum Gasteiger partial charge on any atom is 1.00 e. The van der Waals surface area contributed by atoms with Crippen molar-refractivity contribution in [2.45, 2.75) is 38.8 Å². The molecular weight excluding hydrogens is 226 g/mol. The first-order valence-corrected chi connectivity index (χ1v) is 6.68. The molecule has 0 aromatic carbocycles. The molecule has 86 valence electrons. The van der Waals surface area contributed by atoms with Crippen molar-refractivity contribution < 1.29 is 43.5 Å². The van der Waals surface area contributed by atoms with Crippen LogP contribution in [-0.2, 0) is 9.09 Å².